The van der Waals surface area contributed by atoms with Gasteiger partial charge in [0.25, 0.3) is 5.56 Å². The van der Waals surface area contributed by atoms with E-state index in [1.165, 1.54) is 11.8 Å². The van der Waals surface area contributed by atoms with Crippen molar-refractivity contribution < 1.29 is 9.84 Å². The lowest BCUT2D eigenvalue weighted by molar-refractivity contribution is 0.126. The van der Waals surface area contributed by atoms with Gasteiger partial charge in [0.05, 0.1) is 17.0 Å². The van der Waals surface area contributed by atoms with E-state index < -0.39 is 6.10 Å². The van der Waals surface area contributed by atoms with Gasteiger partial charge in [-0.05, 0) is 36.8 Å². The van der Waals surface area contributed by atoms with Crippen molar-refractivity contribution in [2.24, 2.45) is 0 Å². The van der Waals surface area contributed by atoms with Gasteiger partial charge < -0.3 is 9.84 Å². The fourth-order valence-electron chi connectivity index (χ4n) is 3.22. The minimum Gasteiger partial charge on any atom is -0.491 e. The molecule has 1 atom stereocenters. The van der Waals surface area contributed by atoms with E-state index in [1.54, 1.807) is 4.57 Å². The molecule has 30 heavy (non-hydrogen) atoms. The number of aryl methyl sites for hydroxylation is 1. The number of aliphatic hydroxyl groups excluding tert-OH is 1. The number of aliphatic hydroxyl groups is 1. The van der Waals surface area contributed by atoms with Gasteiger partial charge in [0, 0.05) is 16.8 Å². The molecular weight excluding hydrogens is 468 g/mol. The lowest BCUT2D eigenvalue weighted by Crippen LogP contribution is -2.23. The van der Waals surface area contributed by atoms with Crippen molar-refractivity contribution >= 4 is 44.4 Å². The monoisotopic (exact) mass is 488 g/mol. The number of hydrogen-bond acceptors (Lipinski definition) is 6. The SMILES string of the molecule is CCCn1c(=O)c2ccccc2n2c(SCC(O)COc3cccc(Br)c3)nnc12. The van der Waals surface area contributed by atoms with Gasteiger partial charge in [0.15, 0.2) is 5.16 Å². The van der Waals surface area contributed by atoms with Crippen LogP contribution in [0, 0.1) is 0 Å². The Bertz CT molecular complexity index is 1240. The summed E-state index contributed by atoms with van der Waals surface area (Å²) >= 11 is 4.79. The van der Waals surface area contributed by atoms with Crippen LogP contribution in [0.5, 0.6) is 5.75 Å². The van der Waals surface area contributed by atoms with Crippen molar-refractivity contribution in [3.8, 4) is 5.75 Å². The molecular formula is C21H21BrN4O3S. The molecule has 1 unspecified atom stereocenters. The normalized spacial score (nSPS) is 12.5. The van der Waals surface area contributed by atoms with Crippen LogP contribution in [-0.4, -0.2) is 42.7 Å². The second kappa shape index (κ2) is 9.20. The number of nitrogens with zero attached hydrogens (tertiary/aromatic N) is 4. The molecule has 1 N–H and O–H groups in total. The average molecular weight is 489 g/mol. The van der Waals surface area contributed by atoms with Crippen molar-refractivity contribution in [3.63, 3.8) is 0 Å². The van der Waals surface area contributed by atoms with Crippen molar-refractivity contribution in [2.75, 3.05) is 12.4 Å². The number of para-hydroxylation sites is 1. The van der Waals surface area contributed by atoms with Gasteiger partial charge in [-0.25, -0.2) is 0 Å². The maximum atomic E-state index is 12.9. The molecule has 0 fully saturated rings. The average Bonchev–Trinajstić information content (AvgIpc) is 3.18. The Morgan fingerprint density at radius 1 is 1.20 bits per heavy atom. The van der Waals surface area contributed by atoms with Crippen molar-refractivity contribution in [3.05, 3.63) is 63.4 Å². The minimum atomic E-state index is -0.686. The van der Waals surface area contributed by atoms with Crippen LogP contribution in [0.1, 0.15) is 13.3 Å². The zero-order chi connectivity index (χ0) is 21.1. The molecule has 0 amide bonds. The molecule has 7 nitrogen and oxygen atoms in total. The van der Waals surface area contributed by atoms with Crippen LogP contribution >= 0.6 is 27.7 Å². The molecule has 0 radical (unpaired) electrons. The van der Waals surface area contributed by atoms with E-state index in [4.69, 9.17) is 4.74 Å². The third kappa shape index (κ3) is 4.23. The molecule has 9 heteroatoms. The van der Waals surface area contributed by atoms with Gasteiger partial charge >= 0.3 is 0 Å². The molecule has 2 heterocycles. The summed E-state index contributed by atoms with van der Waals surface area (Å²) in [6.45, 7) is 2.76. The van der Waals surface area contributed by atoms with Crippen LogP contribution in [0.2, 0.25) is 0 Å². The van der Waals surface area contributed by atoms with Crippen molar-refractivity contribution in [1.29, 1.82) is 0 Å². The van der Waals surface area contributed by atoms with Gasteiger partial charge in [-0.2, -0.15) is 0 Å². The molecule has 0 saturated heterocycles. The molecule has 0 bridgehead atoms. The van der Waals surface area contributed by atoms with Gasteiger partial charge in [0.2, 0.25) is 5.78 Å². The van der Waals surface area contributed by atoms with Crippen molar-refractivity contribution in [1.82, 2.24) is 19.2 Å². The van der Waals surface area contributed by atoms with Crippen LogP contribution < -0.4 is 10.3 Å². The summed E-state index contributed by atoms with van der Waals surface area (Å²) < 4.78 is 10.1. The highest BCUT2D eigenvalue weighted by molar-refractivity contribution is 9.10. The Kier molecular flexibility index (Phi) is 6.40. The third-order valence-electron chi connectivity index (χ3n) is 4.57. The first-order chi connectivity index (χ1) is 14.6. The van der Waals surface area contributed by atoms with E-state index >= 15 is 0 Å². The fraction of sp³-hybridized carbons (Fsp3) is 0.286. The summed E-state index contributed by atoms with van der Waals surface area (Å²) in [7, 11) is 0. The number of hydrogen-bond donors (Lipinski definition) is 1. The van der Waals surface area contributed by atoms with E-state index in [0.717, 1.165) is 16.4 Å². The van der Waals surface area contributed by atoms with Crippen LogP contribution in [0.15, 0.2) is 63.0 Å². The van der Waals surface area contributed by atoms with Crippen LogP contribution in [0.4, 0.5) is 0 Å². The summed E-state index contributed by atoms with van der Waals surface area (Å²) in [4.78, 5) is 12.9. The predicted molar refractivity (Wildman–Crippen MR) is 121 cm³/mol. The topological polar surface area (TPSA) is 81.7 Å². The second-order valence-electron chi connectivity index (χ2n) is 6.83. The summed E-state index contributed by atoms with van der Waals surface area (Å²) in [5.41, 5.74) is 0.698. The molecule has 4 rings (SSSR count). The highest BCUT2D eigenvalue weighted by atomic mass is 79.9. The zero-order valence-electron chi connectivity index (χ0n) is 16.4. The first-order valence-corrected chi connectivity index (χ1v) is 11.4. The number of halogens is 1. The Labute approximate surface area is 185 Å². The minimum absolute atomic E-state index is 0.0636. The first kappa shape index (κ1) is 20.9. The predicted octanol–water partition coefficient (Wildman–Crippen LogP) is 3.75. The summed E-state index contributed by atoms with van der Waals surface area (Å²) in [5.74, 6) is 1.59. The Hall–Kier alpha value is -2.36. The number of fused-ring (bicyclic) bond motifs is 3. The van der Waals surface area contributed by atoms with Crippen LogP contribution in [0.3, 0.4) is 0 Å². The second-order valence-corrected chi connectivity index (χ2v) is 8.73. The van der Waals surface area contributed by atoms with Crippen LogP contribution in [-0.2, 0) is 6.54 Å². The molecule has 0 saturated carbocycles. The number of thioether (sulfide) groups is 1. The largest absolute Gasteiger partial charge is 0.491 e. The molecule has 0 aliphatic heterocycles. The quantitative estimate of drug-likeness (QED) is 0.380. The number of rotatable bonds is 8. The highest BCUT2D eigenvalue weighted by Crippen LogP contribution is 2.23. The summed E-state index contributed by atoms with van der Waals surface area (Å²) in [5, 5.41) is 20.2. The molecule has 156 valence electrons. The van der Waals surface area contributed by atoms with E-state index in [9.17, 15) is 9.90 Å². The maximum Gasteiger partial charge on any atom is 0.262 e. The summed E-state index contributed by atoms with van der Waals surface area (Å²) in [6.07, 6.45) is 0.128. The molecule has 0 aliphatic rings. The van der Waals surface area contributed by atoms with Crippen LogP contribution in [0.25, 0.3) is 16.7 Å². The molecule has 4 aromatic rings. The van der Waals surface area contributed by atoms with E-state index in [0.29, 0.717) is 34.4 Å². The highest BCUT2D eigenvalue weighted by Gasteiger charge is 2.17. The van der Waals surface area contributed by atoms with Gasteiger partial charge in [-0.1, -0.05) is 52.8 Å². The number of benzene rings is 2. The van der Waals surface area contributed by atoms with Gasteiger partial charge in [-0.3, -0.25) is 13.8 Å². The number of aromatic nitrogens is 4. The Morgan fingerprint density at radius 2 is 2.03 bits per heavy atom. The smallest absolute Gasteiger partial charge is 0.262 e. The standard InChI is InChI=1S/C21H21BrN4O3S/c1-2-10-25-19(28)17-8-3-4-9-18(17)26-20(25)23-24-21(26)30-13-15(27)12-29-16-7-5-6-14(22)11-16/h3-9,11,15,27H,2,10,12-13H2,1H3. The molecule has 0 aliphatic carbocycles. The molecule has 2 aromatic heterocycles. The number of ether oxygens (including phenoxy) is 1. The Balaban J connectivity index is 1.57. The Morgan fingerprint density at radius 3 is 2.83 bits per heavy atom. The van der Waals surface area contributed by atoms with E-state index in [2.05, 4.69) is 26.1 Å². The van der Waals surface area contributed by atoms with E-state index in [1.807, 2.05) is 59.9 Å². The fourth-order valence-corrected chi connectivity index (χ4v) is 4.44. The molecule has 0 spiro atoms. The zero-order valence-corrected chi connectivity index (χ0v) is 18.8. The maximum absolute atomic E-state index is 12.9. The lowest BCUT2D eigenvalue weighted by Gasteiger charge is -2.13. The van der Waals surface area contributed by atoms with Gasteiger partial charge in [0.1, 0.15) is 12.4 Å². The van der Waals surface area contributed by atoms with E-state index in [-0.39, 0.29) is 12.2 Å². The van der Waals surface area contributed by atoms with Crippen molar-refractivity contribution in [2.45, 2.75) is 31.1 Å². The molecule has 2 aromatic carbocycles. The first-order valence-electron chi connectivity index (χ1n) is 9.64. The summed E-state index contributed by atoms with van der Waals surface area (Å²) in [6, 6.07) is 14.9. The third-order valence-corrected chi connectivity index (χ3v) is 6.14. The lowest BCUT2D eigenvalue weighted by atomic mass is 10.2. The van der Waals surface area contributed by atoms with Gasteiger partial charge in [-0.15, -0.1) is 10.2 Å².